The van der Waals surface area contributed by atoms with Crippen LogP contribution in [0, 0.1) is 0 Å². The second-order valence-electron chi connectivity index (χ2n) is 5.31. The van der Waals surface area contributed by atoms with Crippen LogP contribution in [0.25, 0.3) is 0 Å². The Kier molecular flexibility index (Phi) is 7.46. The maximum Gasteiger partial charge on any atom is 0.167 e. The lowest BCUT2D eigenvalue weighted by Gasteiger charge is -2.20. The first kappa shape index (κ1) is 17.9. The number of nitrogens with zero attached hydrogens (tertiary/aromatic N) is 1. The Morgan fingerprint density at radius 3 is 1.83 bits per heavy atom. The van der Waals surface area contributed by atoms with E-state index >= 15 is 0 Å². The monoisotopic (exact) mass is 331 g/mol. The third kappa shape index (κ3) is 5.27. The molecule has 0 aliphatic carbocycles. The molecule has 0 spiro atoms. The van der Waals surface area contributed by atoms with Crippen LogP contribution >= 0.6 is 0 Å². The van der Waals surface area contributed by atoms with Crippen LogP contribution in [0.2, 0.25) is 0 Å². The Bertz CT molecular complexity index is 545. The van der Waals surface area contributed by atoms with Crippen molar-refractivity contribution in [2.24, 2.45) is 0 Å². The molecule has 1 unspecified atom stereocenters. The van der Waals surface area contributed by atoms with Crippen molar-refractivity contribution in [2.45, 2.75) is 19.1 Å². The molecule has 0 aliphatic heterocycles. The van der Waals surface area contributed by atoms with Gasteiger partial charge in [-0.15, -0.1) is 0 Å². The molecule has 0 saturated carbocycles. The van der Waals surface area contributed by atoms with Crippen LogP contribution in [0.5, 0.6) is 0 Å². The van der Waals surface area contributed by atoms with Gasteiger partial charge in [-0.3, -0.25) is 4.18 Å². The molecule has 0 amide bonds. The highest BCUT2D eigenvalue weighted by Gasteiger charge is 2.22. The molecule has 124 valence electrons. The lowest BCUT2D eigenvalue weighted by molar-refractivity contribution is 0.234. The Labute approximate surface area is 141 Å². The van der Waals surface area contributed by atoms with Crippen LogP contribution in [0.4, 0.5) is 0 Å². The fraction of sp³-hybridized carbons (Fsp3) is 0.368. The molecule has 0 aliphatic rings. The van der Waals surface area contributed by atoms with Gasteiger partial charge in [0.2, 0.25) is 0 Å². The largest absolute Gasteiger partial charge is 0.302 e. The average molecular weight is 331 g/mol. The second-order valence-corrected chi connectivity index (χ2v) is 6.54. The summed E-state index contributed by atoms with van der Waals surface area (Å²) in [4.78, 5) is 2.26. The minimum absolute atomic E-state index is 0.255. The van der Waals surface area contributed by atoms with Gasteiger partial charge in [-0.25, -0.2) is 4.21 Å². The predicted octanol–water partition coefficient (Wildman–Crippen LogP) is 3.80. The van der Waals surface area contributed by atoms with Crippen LogP contribution in [0.15, 0.2) is 60.7 Å². The summed E-state index contributed by atoms with van der Waals surface area (Å²) in [6, 6.07) is 19.8. The molecule has 2 rings (SSSR count). The van der Waals surface area contributed by atoms with Crippen LogP contribution in [-0.4, -0.2) is 35.3 Å². The van der Waals surface area contributed by atoms with Crippen molar-refractivity contribution in [3.05, 3.63) is 71.8 Å². The maximum absolute atomic E-state index is 12.8. The van der Waals surface area contributed by atoms with Gasteiger partial charge >= 0.3 is 0 Å². The molecule has 0 bridgehead atoms. The predicted molar refractivity (Wildman–Crippen MR) is 96.6 cm³/mol. The van der Waals surface area contributed by atoms with E-state index in [2.05, 4.69) is 18.7 Å². The van der Waals surface area contributed by atoms with E-state index in [-0.39, 0.29) is 5.25 Å². The first-order valence-corrected chi connectivity index (χ1v) is 9.26. The number of benzene rings is 2. The summed E-state index contributed by atoms with van der Waals surface area (Å²) >= 11 is -1.41. The molecule has 1 atom stereocenters. The zero-order valence-electron chi connectivity index (χ0n) is 13.9. The molecular formula is C19H25NO2S. The van der Waals surface area contributed by atoms with E-state index in [1.54, 1.807) is 0 Å². The lowest BCUT2D eigenvalue weighted by atomic mass is 10.0. The SMILES string of the molecule is CCN(CC)CCOS(=O)C(c1ccccc1)c1ccccc1. The molecule has 2 aromatic carbocycles. The third-order valence-electron chi connectivity index (χ3n) is 3.90. The normalized spacial score (nSPS) is 12.7. The summed E-state index contributed by atoms with van der Waals surface area (Å²) in [6.45, 7) is 7.48. The summed E-state index contributed by atoms with van der Waals surface area (Å²) in [5.41, 5.74) is 2.03. The van der Waals surface area contributed by atoms with Crippen molar-refractivity contribution in [1.29, 1.82) is 0 Å². The van der Waals surface area contributed by atoms with Gasteiger partial charge in [0.1, 0.15) is 5.25 Å². The molecular weight excluding hydrogens is 306 g/mol. The molecule has 23 heavy (non-hydrogen) atoms. The van der Waals surface area contributed by atoms with Crippen LogP contribution < -0.4 is 0 Å². The Balaban J connectivity index is 2.10. The van der Waals surface area contributed by atoms with Gasteiger partial charge in [-0.1, -0.05) is 74.5 Å². The summed E-state index contributed by atoms with van der Waals surface area (Å²) in [5.74, 6) is 0. The topological polar surface area (TPSA) is 29.5 Å². The first-order valence-electron chi connectivity index (χ1n) is 8.12. The highest BCUT2D eigenvalue weighted by molar-refractivity contribution is 7.80. The van der Waals surface area contributed by atoms with E-state index in [0.717, 1.165) is 30.8 Å². The van der Waals surface area contributed by atoms with Crippen molar-refractivity contribution >= 4 is 11.1 Å². The van der Waals surface area contributed by atoms with Crippen molar-refractivity contribution in [1.82, 2.24) is 4.90 Å². The standard InChI is InChI=1S/C19H25NO2S/c1-3-20(4-2)15-16-22-23(21)19(17-11-7-5-8-12-17)18-13-9-6-10-14-18/h5-14,19H,3-4,15-16H2,1-2H3. The maximum atomic E-state index is 12.8. The zero-order chi connectivity index (χ0) is 16.5. The van der Waals surface area contributed by atoms with Crippen molar-refractivity contribution in [3.8, 4) is 0 Å². The highest BCUT2D eigenvalue weighted by Crippen LogP contribution is 2.28. The zero-order valence-corrected chi connectivity index (χ0v) is 14.7. The van der Waals surface area contributed by atoms with E-state index in [1.165, 1.54) is 0 Å². The van der Waals surface area contributed by atoms with E-state index in [9.17, 15) is 4.21 Å². The Hall–Kier alpha value is -1.49. The number of rotatable bonds is 9. The molecule has 0 saturated heterocycles. The lowest BCUT2D eigenvalue weighted by Crippen LogP contribution is -2.27. The average Bonchev–Trinajstić information content (AvgIpc) is 2.61. The summed E-state index contributed by atoms with van der Waals surface area (Å²) in [6.07, 6.45) is 0. The summed E-state index contributed by atoms with van der Waals surface area (Å²) < 4.78 is 18.5. The van der Waals surface area contributed by atoms with Crippen molar-refractivity contribution in [3.63, 3.8) is 0 Å². The van der Waals surface area contributed by atoms with Gasteiger partial charge < -0.3 is 4.90 Å². The van der Waals surface area contributed by atoms with Crippen LogP contribution in [-0.2, 0) is 15.3 Å². The molecule has 0 aromatic heterocycles. The van der Waals surface area contributed by atoms with E-state index in [4.69, 9.17) is 4.18 Å². The Morgan fingerprint density at radius 1 is 0.913 bits per heavy atom. The highest BCUT2D eigenvalue weighted by atomic mass is 32.2. The van der Waals surface area contributed by atoms with E-state index < -0.39 is 11.1 Å². The quantitative estimate of drug-likeness (QED) is 0.700. The van der Waals surface area contributed by atoms with E-state index in [1.807, 2.05) is 60.7 Å². The molecule has 0 radical (unpaired) electrons. The van der Waals surface area contributed by atoms with Crippen molar-refractivity contribution < 1.29 is 8.39 Å². The number of likely N-dealkylation sites (N-methyl/N-ethyl adjacent to an activating group) is 1. The van der Waals surface area contributed by atoms with E-state index in [0.29, 0.717) is 6.61 Å². The number of hydrogen-bond donors (Lipinski definition) is 0. The minimum Gasteiger partial charge on any atom is -0.302 e. The van der Waals surface area contributed by atoms with Gasteiger partial charge in [0, 0.05) is 6.54 Å². The van der Waals surface area contributed by atoms with Crippen LogP contribution in [0.1, 0.15) is 30.2 Å². The molecule has 0 heterocycles. The van der Waals surface area contributed by atoms with Crippen molar-refractivity contribution in [2.75, 3.05) is 26.2 Å². The molecule has 4 heteroatoms. The molecule has 0 fully saturated rings. The first-order chi connectivity index (χ1) is 11.3. The minimum atomic E-state index is -1.41. The van der Waals surface area contributed by atoms with Gasteiger partial charge in [0.15, 0.2) is 11.1 Å². The van der Waals surface area contributed by atoms with Gasteiger partial charge in [0.25, 0.3) is 0 Å². The molecule has 3 nitrogen and oxygen atoms in total. The summed E-state index contributed by atoms with van der Waals surface area (Å²) in [5, 5.41) is -0.255. The van der Waals surface area contributed by atoms with Gasteiger partial charge in [0.05, 0.1) is 6.61 Å². The molecule has 0 N–H and O–H groups in total. The van der Waals surface area contributed by atoms with Gasteiger partial charge in [-0.05, 0) is 24.2 Å². The van der Waals surface area contributed by atoms with Gasteiger partial charge in [-0.2, -0.15) is 0 Å². The smallest absolute Gasteiger partial charge is 0.167 e. The number of hydrogen-bond acceptors (Lipinski definition) is 3. The fourth-order valence-corrected chi connectivity index (χ4v) is 3.66. The third-order valence-corrected chi connectivity index (χ3v) is 5.23. The second kappa shape index (κ2) is 9.60. The Morgan fingerprint density at radius 2 is 1.39 bits per heavy atom. The fourth-order valence-electron chi connectivity index (χ4n) is 2.53. The molecule has 2 aromatic rings. The van der Waals surface area contributed by atoms with Crippen LogP contribution in [0.3, 0.4) is 0 Å². The summed E-state index contributed by atoms with van der Waals surface area (Å²) in [7, 11) is 0.